The van der Waals surface area contributed by atoms with Gasteiger partial charge in [0.05, 0.1) is 12.5 Å². The summed E-state index contributed by atoms with van der Waals surface area (Å²) in [5.41, 5.74) is 2.22. The number of carbonyl (C=O) groups is 2. The van der Waals surface area contributed by atoms with Crippen LogP contribution in [0.5, 0.6) is 5.75 Å². The molecular formula is C27H37ClN2O4. The molecule has 34 heavy (non-hydrogen) atoms. The maximum Gasteiger partial charge on any atom is 0.325 e. The number of phenolic OH excluding ortho intramolecular Hbond substituents is 1. The maximum absolute atomic E-state index is 13.0. The highest BCUT2D eigenvalue weighted by molar-refractivity contribution is 5.85. The van der Waals surface area contributed by atoms with Crippen molar-refractivity contribution in [2.24, 2.45) is 11.8 Å². The molecule has 0 spiro atoms. The molecule has 1 saturated heterocycles. The molecule has 1 fully saturated rings. The fourth-order valence-corrected chi connectivity index (χ4v) is 4.74. The van der Waals surface area contributed by atoms with E-state index in [1.807, 2.05) is 42.5 Å². The largest absolute Gasteiger partial charge is 0.508 e. The molecule has 0 aromatic heterocycles. The third-order valence-corrected chi connectivity index (χ3v) is 6.96. The van der Waals surface area contributed by atoms with E-state index in [2.05, 4.69) is 30.1 Å². The van der Waals surface area contributed by atoms with Crippen molar-refractivity contribution < 1.29 is 19.4 Å². The van der Waals surface area contributed by atoms with Gasteiger partial charge in [0.15, 0.2) is 0 Å². The van der Waals surface area contributed by atoms with Gasteiger partial charge in [-0.15, -0.1) is 12.4 Å². The Morgan fingerprint density at radius 1 is 1.21 bits per heavy atom. The van der Waals surface area contributed by atoms with Crippen LogP contribution in [0.25, 0.3) is 0 Å². The van der Waals surface area contributed by atoms with Crippen molar-refractivity contribution in [3.63, 3.8) is 0 Å². The number of amides is 1. The summed E-state index contributed by atoms with van der Waals surface area (Å²) in [5, 5.41) is 12.7. The fraction of sp³-hybridized carbons (Fsp3) is 0.481. The highest BCUT2D eigenvalue weighted by Gasteiger charge is 2.39. The number of hydrogen-bond acceptors (Lipinski definition) is 5. The number of rotatable bonds is 9. The molecule has 2 aromatic rings. The van der Waals surface area contributed by atoms with Gasteiger partial charge in [0.25, 0.3) is 0 Å². The van der Waals surface area contributed by atoms with Crippen LogP contribution in [0.1, 0.15) is 38.3 Å². The van der Waals surface area contributed by atoms with Crippen molar-refractivity contribution in [2.45, 2.75) is 39.0 Å². The zero-order valence-electron chi connectivity index (χ0n) is 20.3. The van der Waals surface area contributed by atoms with E-state index in [4.69, 9.17) is 4.74 Å². The Morgan fingerprint density at radius 2 is 1.94 bits per heavy atom. The highest BCUT2D eigenvalue weighted by atomic mass is 35.5. The number of carbonyl (C=O) groups excluding carboxylic acids is 2. The Hall–Kier alpha value is -2.57. The molecule has 1 aliphatic heterocycles. The van der Waals surface area contributed by atoms with Crippen molar-refractivity contribution in [1.29, 1.82) is 0 Å². The normalized spacial score (nSPS) is 21.2. The predicted octanol–water partition coefficient (Wildman–Crippen LogP) is 3.95. The van der Waals surface area contributed by atoms with E-state index in [1.54, 1.807) is 13.0 Å². The van der Waals surface area contributed by atoms with E-state index in [0.717, 1.165) is 30.6 Å². The third-order valence-electron chi connectivity index (χ3n) is 6.96. The van der Waals surface area contributed by atoms with Crippen molar-refractivity contribution in [1.82, 2.24) is 10.2 Å². The van der Waals surface area contributed by atoms with Crippen molar-refractivity contribution in [3.8, 4) is 5.75 Å². The predicted molar refractivity (Wildman–Crippen MR) is 136 cm³/mol. The van der Waals surface area contributed by atoms with Crippen LogP contribution in [-0.4, -0.2) is 54.7 Å². The Morgan fingerprint density at radius 3 is 2.59 bits per heavy atom. The minimum atomic E-state index is -0.419. The number of nitrogens with one attached hydrogen (secondary N) is 1. The van der Waals surface area contributed by atoms with Crippen molar-refractivity contribution in [3.05, 3.63) is 65.7 Å². The van der Waals surface area contributed by atoms with E-state index in [-0.39, 0.29) is 36.2 Å². The van der Waals surface area contributed by atoms with Crippen LogP contribution < -0.4 is 5.32 Å². The average Bonchev–Trinajstić information content (AvgIpc) is 2.80. The Bertz CT molecular complexity index is 939. The van der Waals surface area contributed by atoms with Crippen LogP contribution in [0.3, 0.4) is 0 Å². The zero-order chi connectivity index (χ0) is 23.8. The summed E-state index contributed by atoms with van der Waals surface area (Å²) >= 11 is 0. The minimum absolute atomic E-state index is 0. The van der Waals surface area contributed by atoms with Crippen LogP contribution >= 0.6 is 12.4 Å². The summed E-state index contributed by atoms with van der Waals surface area (Å²) < 4.78 is 4.95. The SMILES string of the molecule is CCOC(=O)CNC(=O)[C@@H](Cc1ccccc1)CN1CC[C@@](C)(c2cccc(O)c2)[C@@H](C)C1.Cl. The van der Waals surface area contributed by atoms with E-state index in [0.29, 0.717) is 31.2 Å². The number of piperidine rings is 1. The molecule has 0 bridgehead atoms. The molecule has 0 unspecified atom stereocenters. The Labute approximate surface area is 209 Å². The van der Waals surface area contributed by atoms with E-state index >= 15 is 0 Å². The lowest BCUT2D eigenvalue weighted by atomic mass is 9.68. The van der Waals surface area contributed by atoms with Gasteiger partial charge in [-0.05, 0) is 60.9 Å². The number of esters is 1. The molecule has 0 aliphatic carbocycles. The quantitative estimate of drug-likeness (QED) is 0.522. The number of likely N-dealkylation sites (tertiary alicyclic amines) is 1. The van der Waals surface area contributed by atoms with Gasteiger partial charge >= 0.3 is 5.97 Å². The molecule has 2 N–H and O–H groups in total. The molecule has 0 radical (unpaired) electrons. The summed E-state index contributed by atoms with van der Waals surface area (Å²) in [6.45, 7) is 8.80. The number of hydrogen-bond donors (Lipinski definition) is 2. The third kappa shape index (κ3) is 7.21. The van der Waals surface area contributed by atoms with E-state index < -0.39 is 5.97 Å². The smallest absolute Gasteiger partial charge is 0.325 e. The van der Waals surface area contributed by atoms with Gasteiger partial charge in [0.1, 0.15) is 12.3 Å². The van der Waals surface area contributed by atoms with Crippen LogP contribution in [-0.2, 0) is 26.2 Å². The van der Waals surface area contributed by atoms with Gasteiger partial charge in [0, 0.05) is 13.1 Å². The van der Waals surface area contributed by atoms with E-state index in [9.17, 15) is 14.7 Å². The van der Waals surface area contributed by atoms with Gasteiger partial charge in [-0.2, -0.15) is 0 Å². The number of benzene rings is 2. The van der Waals surface area contributed by atoms with Crippen LogP contribution in [0.2, 0.25) is 0 Å². The van der Waals surface area contributed by atoms with Crippen molar-refractivity contribution >= 4 is 24.3 Å². The molecule has 3 rings (SSSR count). The summed E-state index contributed by atoms with van der Waals surface area (Å²) in [5.74, 6) is -0.157. The first-order valence-corrected chi connectivity index (χ1v) is 11.8. The molecular weight excluding hydrogens is 452 g/mol. The molecule has 1 heterocycles. The Balaban J connectivity index is 0.00000408. The van der Waals surface area contributed by atoms with Crippen LogP contribution in [0, 0.1) is 11.8 Å². The minimum Gasteiger partial charge on any atom is -0.508 e. The maximum atomic E-state index is 13.0. The molecule has 186 valence electrons. The average molecular weight is 489 g/mol. The molecule has 0 saturated carbocycles. The molecule has 1 amide bonds. The van der Waals surface area contributed by atoms with Gasteiger partial charge in [-0.25, -0.2) is 0 Å². The lowest BCUT2D eigenvalue weighted by Crippen LogP contribution is -2.50. The van der Waals surface area contributed by atoms with Crippen LogP contribution in [0.4, 0.5) is 0 Å². The Kier molecular flexibility index (Phi) is 10.4. The summed E-state index contributed by atoms with van der Waals surface area (Å²) in [6, 6.07) is 17.6. The van der Waals surface area contributed by atoms with Gasteiger partial charge in [0.2, 0.25) is 5.91 Å². The monoisotopic (exact) mass is 488 g/mol. The first-order valence-electron chi connectivity index (χ1n) is 11.8. The van der Waals surface area contributed by atoms with Gasteiger partial charge in [-0.3, -0.25) is 9.59 Å². The molecule has 1 aliphatic rings. The molecule has 7 heteroatoms. The van der Waals surface area contributed by atoms with E-state index in [1.165, 1.54) is 0 Å². The number of halogens is 1. The second-order valence-corrected chi connectivity index (χ2v) is 9.29. The fourth-order valence-electron chi connectivity index (χ4n) is 4.74. The summed E-state index contributed by atoms with van der Waals surface area (Å²) in [7, 11) is 0. The highest BCUT2D eigenvalue weighted by Crippen LogP contribution is 2.40. The second kappa shape index (κ2) is 12.8. The summed E-state index contributed by atoms with van der Waals surface area (Å²) in [4.78, 5) is 27.1. The van der Waals surface area contributed by atoms with Crippen molar-refractivity contribution in [2.75, 3.05) is 32.8 Å². The number of ether oxygens (including phenoxy) is 1. The number of nitrogens with zero attached hydrogens (tertiary/aromatic N) is 1. The van der Waals surface area contributed by atoms with Crippen LogP contribution in [0.15, 0.2) is 54.6 Å². The molecule has 2 aromatic carbocycles. The molecule has 6 nitrogen and oxygen atoms in total. The zero-order valence-corrected chi connectivity index (χ0v) is 21.1. The lowest BCUT2D eigenvalue weighted by Gasteiger charge is -2.45. The van der Waals surface area contributed by atoms with Gasteiger partial charge < -0.3 is 20.1 Å². The first-order chi connectivity index (χ1) is 15.8. The van der Waals surface area contributed by atoms with Gasteiger partial charge in [-0.1, -0.05) is 56.3 Å². The number of aromatic hydroxyl groups is 1. The topological polar surface area (TPSA) is 78.9 Å². The lowest BCUT2D eigenvalue weighted by molar-refractivity contribution is -0.143. The second-order valence-electron chi connectivity index (χ2n) is 9.29. The summed E-state index contributed by atoms with van der Waals surface area (Å²) in [6.07, 6.45) is 1.56. The standard InChI is InChI=1S/C27H36N2O4.ClH/c1-4-33-25(31)17-28-26(32)22(15-21-9-6-5-7-10-21)19-29-14-13-27(3,20(2)18-29)23-11-8-12-24(30)16-23;/h5-12,16,20,22,30H,4,13-15,17-19H2,1-3H3,(H,28,32);1H/t20-,22-,27+;/m0./s1. The number of phenols is 1. The molecule has 3 atom stereocenters. The first kappa shape index (κ1) is 27.7.